The van der Waals surface area contributed by atoms with E-state index in [2.05, 4.69) is 0 Å². The highest BCUT2D eigenvalue weighted by Gasteiger charge is 2.18. The van der Waals surface area contributed by atoms with Gasteiger partial charge in [0.2, 0.25) is 0 Å². The second kappa shape index (κ2) is 6.20. The molecule has 3 nitrogen and oxygen atoms in total. The summed E-state index contributed by atoms with van der Waals surface area (Å²) < 4.78 is 38.4. The van der Waals surface area contributed by atoms with E-state index in [1.165, 1.54) is 30.3 Å². The Kier molecular flexibility index (Phi) is 4.10. The van der Waals surface area contributed by atoms with E-state index >= 15 is 0 Å². The highest BCUT2D eigenvalue weighted by molar-refractivity contribution is 6.06. The zero-order valence-electron chi connectivity index (χ0n) is 12.4. The fourth-order valence-corrected chi connectivity index (χ4v) is 2.48. The van der Waals surface area contributed by atoms with Crippen LogP contribution in [0.3, 0.4) is 0 Å². The standard InChI is InChI=1S/C18H14F2O3/c1-2-9-22-18(21)23-17-12-6-4-7-14(19)13(12)10-11-5-3-8-15(20)16(11)17/h3-8,10H,2,9H2,1H3. The summed E-state index contributed by atoms with van der Waals surface area (Å²) in [4.78, 5) is 11.8. The molecule has 118 valence electrons. The minimum atomic E-state index is -0.937. The molecular weight excluding hydrogens is 302 g/mol. The monoisotopic (exact) mass is 316 g/mol. The normalized spacial score (nSPS) is 10.9. The molecule has 23 heavy (non-hydrogen) atoms. The van der Waals surface area contributed by atoms with Gasteiger partial charge in [0.15, 0.2) is 5.75 Å². The molecule has 0 radical (unpaired) electrons. The molecule has 3 aromatic carbocycles. The lowest BCUT2D eigenvalue weighted by atomic mass is 10.0. The number of ether oxygens (including phenoxy) is 2. The lowest BCUT2D eigenvalue weighted by Crippen LogP contribution is -2.12. The van der Waals surface area contributed by atoms with Gasteiger partial charge in [0.05, 0.1) is 12.0 Å². The predicted molar refractivity (Wildman–Crippen MR) is 83.6 cm³/mol. The third kappa shape index (κ3) is 2.82. The average Bonchev–Trinajstić information content (AvgIpc) is 2.54. The van der Waals surface area contributed by atoms with E-state index in [-0.39, 0.29) is 23.1 Å². The van der Waals surface area contributed by atoms with Gasteiger partial charge in [-0.3, -0.25) is 0 Å². The number of carbonyl (C=O) groups is 1. The largest absolute Gasteiger partial charge is 0.513 e. The summed E-state index contributed by atoms with van der Waals surface area (Å²) >= 11 is 0. The summed E-state index contributed by atoms with van der Waals surface area (Å²) in [6.45, 7) is 2.04. The molecule has 0 aromatic heterocycles. The second-order valence-corrected chi connectivity index (χ2v) is 5.08. The number of carbonyl (C=O) groups excluding carboxylic acids is 1. The fourth-order valence-electron chi connectivity index (χ4n) is 2.48. The van der Waals surface area contributed by atoms with Crippen LogP contribution in [0.5, 0.6) is 5.75 Å². The van der Waals surface area contributed by atoms with Crippen molar-refractivity contribution in [1.82, 2.24) is 0 Å². The van der Waals surface area contributed by atoms with Crippen molar-refractivity contribution >= 4 is 27.7 Å². The molecule has 0 aliphatic carbocycles. The van der Waals surface area contributed by atoms with Gasteiger partial charge in [0.25, 0.3) is 0 Å². The van der Waals surface area contributed by atoms with Crippen molar-refractivity contribution in [1.29, 1.82) is 0 Å². The van der Waals surface area contributed by atoms with Gasteiger partial charge in [-0.15, -0.1) is 0 Å². The molecule has 0 bridgehead atoms. The van der Waals surface area contributed by atoms with E-state index in [4.69, 9.17) is 9.47 Å². The van der Waals surface area contributed by atoms with Gasteiger partial charge in [-0.1, -0.05) is 31.2 Å². The van der Waals surface area contributed by atoms with Crippen molar-refractivity contribution in [3.8, 4) is 5.75 Å². The van der Waals surface area contributed by atoms with Crippen molar-refractivity contribution in [3.63, 3.8) is 0 Å². The third-order valence-corrected chi connectivity index (χ3v) is 3.48. The van der Waals surface area contributed by atoms with Crippen LogP contribution in [-0.2, 0) is 4.74 Å². The SMILES string of the molecule is CCCOC(=O)Oc1c2cccc(F)c2cc2cccc(F)c12. The lowest BCUT2D eigenvalue weighted by molar-refractivity contribution is 0.100. The molecule has 0 fully saturated rings. The Morgan fingerprint density at radius 1 is 1.04 bits per heavy atom. The first-order valence-electron chi connectivity index (χ1n) is 7.26. The van der Waals surface area contributed by atoms with Crippen molar-refractivity contribution in [3.05, 3.63) is 54.1 Å². The number of fused-ring (bicyclic) bond motifs is 2. The molecule has 0 aliphatic rings. The summed E-state index contributed by atoms with van der Waals surface area (Å²) in [7, 11) is 0. The Morgan fingerprint density at radius 3 is 2.57 bits per heavy atom. The van der Waals surface area contributed by atoms with Crippen LogP contribution in [0.15, 0.2) is 42.5 Å². The zero-order valence-corrected chi connectivity index (χ0v) is 12.4. The molecule has 5 heteroatoms. The molecule has 0 aliphatic heterocycles. The van der Waals surface area contributed by atoms with Gasteiger partial charge in [-0.2, -0.15) is 0 Å². The van der Waals surface area contributed by atoms with Gasteiger partial charge in [-0.05, 0) is 30.0 Å². The van der Waals surface area contributed by atoms with Crippen molar-refractivity contribution in [2.45, 2.75) is 13.3 Å². The Morgan fingerprint density at radius 2 is 1.78 bits per heavy atom. The third-order valence-electron chi connectivity index (χ3n) is 3.48. The first-order valence-corrected chi connectivity index (χ1v) is 7.26. The predicted octanol–water partition coefficient (Wildman–Crippen LogP) is 5.20. The van der Waals surface area contributed by atoms with E-state index in [0.29, 0.717) is 17.2 Å². The van der Waals surface area contributed by atoms with Gasteiger partial charge in [0, 0.05) is 10.8 Å². The molecule has 3 aromatic rings. The van der Waals surface area contributed by atoms with Crippen LogP contribution in [0.4, 0.5) is 13.6 Å². The number of benzene rings is 3. The zero-order chi connectivity index (χ0) is 16.4. The summed E-state index contributed by atoms with van der Waals surface area (Å²) in [5.74, 6) is -1.05. The molecule has 0 spiro atoms. The Balaban J connectivity index is 2.25. The van der Waals surface area contributed by atoms with Crippen LogP contribution in [0.2, 0.25) is 0 Å². The minimum absolute atomic E-state index is 0.0313. The van der Waals surface area contributed by atoms with Crippen molar-refractivity contribution < 1.29 is 23.0 Å². The lowest BCUT2D eigenvalue weighted by Gasteiger charge is -2.12. The summed E-state index contributed by atoms with van der Waals surface area (Å²) in [6, 6.07) is 10.3. The Hall–Kier alpha value is -2.69. The molecule has 0 unspecified atom stereocenters. The van der Waals surface area contributed by atoms with Crippen LogP contribution < -0.4 is 4.74 Å². The summed E-state index contributed by atoms with van der Waals surface area (Å²) in [6.07, 6.45) is -0.304. The van der Waals surface area contributed by atoms with Crippen LogP contribution in [-0.4, -0.2) is 12.8 Å². The van der Waals surface area contributed by atoms with E-state index in [1.807, 2.05) is 6.92 Å². The topological polar surface area (TPSA) is 35.5 Å². The quantitative estimate of drug-likeness (QED) is 0.378. The molecule has 0 saturated carbocycles. The van der Waals surface area contributed by atoms with Gasteiger partial charge >= 0.3 is 6.16 Å². The molecule has 0 atom stereocenters. The van der Waals surface area contributed by atoms with E-state index in [9.17, 15) is 13.6 Å². The van der Waals surface area contributed by atoms with Crippen LogP contribution in [0, 0.1) is 11.6 Å². The van der Waals surface area contributed by atoms with Gasteiger partial charge < -0.3 is 9.47 Å². The average molecular weight is 316 g/mol. The molecule has 0 amide bonds. The smallest absolute Gasteiger partial charge is 0.434 e. The Labute approximate surface area is 131 Å². The number of rotatable bonds is 3. The maximum absolute atomic E-state index is 14.3. The highest BCUT2D eigenvalue weighted by Crippen LogP contribution is 2.37. The van der Waals surface area contributed by atoms with Crippen LogP contribution in [0.1, 0.15) is 13.3 Å². The van der Waals surface area contributed by atoms with Crippen molar-refractivity contribution in [2.75, 3.05) is 6.61 Å². The molecule has 3 rings (SSSR count). The summed E-state index contributed by atoms with van der Waals surface area (Å²) in [5, 5.41) is 1.14. The van der Waals surface area contributed by atoms with Gasteiger partial charge in [0.1, 0.15) is 11.6 Å². The van der Waals surface area contributed by atoms with E-state index < -0.39 is 17.8 Å². The summed E-state index contributed by atoms with van der Waals surface area (Å²) in [5.41, 5.74) is 0. The molecule has 0 N–H and O–H groups in total. The second-order valence-electron chi connectivity index (χ2n) is 5.08. The van der Waals surface area contributed by atoms with Crippen molar-refractivity contribution in [2.24, 2.45) is 0 Å². The fraction of sp³-hybridized carbons (Fsp3) is 0.167. The van der Waals surface area contributed by atoms with E-state index in [0.717, 1.165) is 0 Å². The maximum atomic E-state index is 14.3. The molecule has 0 heterocycles. The van der Waals surface area contributed by atoms with Crippen LogP contribution in [0.25, 0.3) is 21.5 Å². The van der Waals surface area contributed by atoms with E-state index in [1.54, 1.807) is 12.1 Å². The number of hydrogen-bond donors (Lipinski definition) is 0. The molecular formula is C18H14F2O3. The highest BCUT2D eigenvalue weighted by atomic mass is 19.1. The first-order chi connectivity index (χ1) is 11.1. The minimum Gasteiger partial charge on any atom is -0.434 e. The number of hydrogen-bond acceptors (Lipinski definition) is 3. The maximum Gasteiger partial charge on any atom is 0.513 e. The van der Waals surface area contributed by atoms with Crippen LogP contribution >= 0.6 is 0 Å². The first kappa shape index (κ1) is 15.2. The Bertz CT molecular complexity index is 890. The molecule has 0 saturated heterocycles. The van der Waals surface area contributed by atoms with Gasteiger partial charge in [-0.25, -0.2) is 13.6 Å². The number of halogens is 2.